The molecule has 0 radical (unpaired) electrons. The highest BCUT2D eigenvalue weighted by Crippen LogP contribution is 2.15. The quantitative estimate of drug-likeness (QED) is 0.537. The molecule has 0 spiro atoms. The van der Waals surface area contributed by atoms with E-state index in [9.17, 15) is 9.59 Å². The van der Waals surface area contributed by atoms with Gasteiger partial charge in [-0.2, -0.15) is 0 Å². The molecule has 2 heterocycles. The largest absolute Gasteiger partial charge is 0.388 e. The zero-order valence-corrected chi connectivity index (χ0v) is 17.2. The van der Waals surface area contributed by atoms with E-state index in [0.29, 0.717) is 17.0 Å². The number of piperazine rings is 1. The van der Waals surface area contributed by atoms with Gasteiger partial charge in [0.15, 0.2) is 11.6 Å². The van der Waals surface area contributed by atoms with Crippen LogP contribution < -0.4 is 0 Å². The third-order valence-corrected chi connectivity index (χ3v) is 5.07. The Labute approximate surface area is 177 Å². The number of benzene rings is 1. The molecule has 1 aliphatic rings. The molecular formula is C24H27N3O3. The molecule has 30 heavy (non-hydrogen) atoms. The van der Waals surface area contributed by atoms with Crippen molar-refractivity contribution >= 4 is 23.7 Å². The number of nitrogens with zero attached hydrogens (tertiary/aromatic N) is 3. The number of likely N-dealkylation sites (N-methyl/N-ethyl adjacent to an activating group) is 1. The fraction of sp³-hybridized carbons (Fsp3) is 0.292. The van der Waals surface area contributed by atoms with E-state index >= 15 is 0 Å². The maximum atomic E-state index is 12.8. The van der Waals surface area contributed by atoms with Crippen LogP contribution in [0.2, 0.25) is 0 Å². The van der Waals surface area contributed by atoms with Gasteiger partial charge in [0, 0.05) is 38.3 Å². The number of carbonyl (C=O) groups excluding carboxylic acids is 2. The summed E-state index contributed by atoms with van der Waals surface area (Å²) in [6, 6.07) is 13.1. The lowest BCUT2D eigenvalue weighted by molar-refractivity contribution is -0.117. The van der Waals surface area contributed by atoms with Gasteiger partial charge < -0.3 is 10.0 Å². The lowest BCUT2D eigenvalue weighted by atomic mass is 10.0. The second kappa shape index (κ2) is 10.7. The number of carbonyl (C=O) groups is 2. The normalized spacial score (nSPS) is 15.8. The predicted molar refractivity (Wildman–Crippen MR) is 118 cm³/mol. The van der Waals surface area contributed by atoms with E-state index in [2.05, 4.69) is 21.8 Å². The predicted octanol–water partition coefficient (Wildman–Crippen LogP) is 2.30. The Morgan fingerprint density at radius 1 is 0.967 bits per heavy atom. The molecule has 0 unspecified atom stereocenters. The second-order valence-corrected chi connectivity index (χ2v) is 7.38. The van der Waals surface area contributed by atoms with E-state index in [1.165, 1.54) is 12.2 Å². The van der Waals surface area contributed by atoms with Crippen LogP contribution in [0.4, 0.5) is 0 Å². The van der Waals surface area contributed by atoms with E-state index in [1.54, 1.807) is 24.3 Å². The van der Waals surface area contributed by atoms with Crippen molar-refractivity contribution in [1.82, 2.24) is 14.8 Å². The smallest absolute Gasteiger partial charge is 0.186 e. The first kappa shape index (κ1) is 21.8. The Morgan fingerprint density at radius 3 is 2.33 bits per heavy atom. The Hall–Kier alpha value is -2.93. The van der Waals surface area contributed by atoms with Gasteiger partial charge in [0.2, 0.25) is 0 Å². The fourth-order valence-corrected chi connectivity index (χ4v) is 3.28. The van der Waals surface area contributed by atoms with Crippen LogP contribution in [0.1, 0.15) is 27.3 Å². The van der Waals surface area contributed by atoms with Crippen molar-refractivity contribution in [3.8, 4) is 0 Å². The zero-order valence-electron chi connectivity index (χ0n) is 17.2. The number of allylic oxidation sites excluding steroid dienone is 1. The van der Waals surface area contributed by atoms with Gasteiger partial charge in [0.1, 0.15) is 6.61 Å². The number of ketones is 2. The van der Waals surface area contributed by atoms with Gasteiger partial charge in [0.05, 0.1) is 11.4 Å². The number of hydrogen-bond acceptors (Lipinski definition) is 6. The molecular weight excluding hydrogens is 378 g/mol. The molecule has 1 aromatic heterocycles. The van der Waals surface area contributed by atoms with Gasteiger partial charge in [-0.25, -0.2) is 4.98 Å². The minimum absolute atomic E-state index is 0.0575. The average molecular weight is 405 g/mol. The van der Waals surface area contributed by atoms with Gasteiger partial charge in [0.25, 0.3) is 0 Å². The molecule has 3 rings (SSSR count). The molecule has 0 amide bonds. The van der Waals surface area contributed by atoms with Crippen LogP contribution in [0, 0.1) is 0 Å². The molecule has 156 valence electrons. The number of rotatable bonds is 8. The zero-order chi connectivity index (χ0) is 21.3. The van der Waals surface area contributed by atoms with Crippen molar-refractivity contribution in [1.29, 1.82) is 0 Å². The molecule has 6 heteroatoms. The maximum absolute atomic E-state index is 12.8. The summed E-state index contributed by atoms with van der Waals surface area (Å²) in [6.45, 7) is 4.31. The Bertz CT molecular complexity index is 944. The minimum Gasteiger partial charge on any atom is -0.388 e. The lowest BCUT2D eigenvalue weighted by Gasteiger charge is -2.32. The van der Waals surface area contributed by atoms with Crippen molar-refractivity contribution < 1.29 is 14.7 Å². The monoisotopic (exact) mass is 405 g/mol. The maximum Gasteiger partial charge on any atom is 0.186 e. The lowest BCUT2D eigenvalue weighted by Crippen LogP contribution is -2.44. The highest BCUT2D eigenvalue weighted by Gasteiger charge is 2.16. The standard InChI is InChI=1S/C24H27N3O3/c1-26-13-15-27(16-14-26)17-19-5-2-3-8-23(19)24(30)12-10-21-7-4-6-20(25-21)9-11-22(29)18-28/h2-12,28H,13-18H2,1H3/b11-9+,12-10+. The molecule has 0 bridgehead atoms. The van der Waals surface area contributed by atoms with Crippen LogP contribution in [0.25, 0.3) is 12.2 Å². The number of aliphatic hydroxyl groups excluding tert-OH is 1. The van der Waals surface area contributed by atoms with Gasteiger partial charge in [-0.05, 0) is 49.0 Å². The Balaban J connectivity index is 1.70. The van der Waals surface area contributed by atoms with Crippen molar-refractivity contribution in [3.05, 3.63) is 77.1 Å². The summed E-state index contributed by atoms with van der Waals surface area (Å²) in [7, 11) is 2.13. The summed E-state index contributed by atoms with van der Waals surface area (Å²) < 4.78 is 0. The van der Waals surface area contributed by atoms with Crippen LogP contribution in [0.3, 0.4) is 0 Å². The third kappa shape index (κ3) is 6.29. The van der Waals surface area contributed by atoms with E-state index in [1.807, 2.05) is 30.3 Å². The first-order chi connectivity index (χ1) is 14.5. The van der Waals surface area contributed by atoms with Crippen LogP contribution in [0.15, 0.2) is 54.6 Å². The highest BCUT2D eigenvalue weighted by atomic mass is 16.3. The molecule has 0 aliphatic carbocycles. The minimum atomic E-state index is -0.530. The number of aliphatic hydroxyl groups is 1. The molecule has 1 fully saturated rings. The summed E-state index contributed by atoms with van der Waals surface area (Å²) in [5.74, 6) is -0.442. The van der Waals surface area contributed by atoms with Crippen LogP contribution in [-0.2, 0) is 11.3 Å². The molecule has 1 saturated heterocycles. The molecule has 2 aromatic rings. The number of aromatic nitrogens is 1. The van der Waals surface area contributed by atoms with Crippen molar-refractivity contribution in [2.75, 3.05) is 39.8 Å². The topological polar surface area (TPSA) is 73.7 Å². The van der Waals surface area contributed by atoms with Gasteiger partial charge >= 0.3 is 0 Å². The van der Waals surface area contributed by atoms with Crippen LogP contribution >= 0.6 is 0 Å². The SMILES string of the molecule is CN1CCN(Cc2ccccc2C(=O)/C=C/c2cccc(/C=C/C(=O)CO)n2)CC1. The Morgan fingerprint density at radius 2 is 1.63 bits per heavy atom. The van der Waals surface area contributed by atoms with E-state index in [-0.39, 0.29) is 11.6 Å². The number of pyridine rings is 1. The summed E-state index contributed by atoms with van der Waals surface area (Å²) >= 11 is 0. The first-order valence-corrected chi connectivity index (χ1v) is 10.0. The van der Waals surface area contributed by atoms with Gasteiger partial charge in [-0.1, -0.05) is 30.3 Å². The van der Waals surface area contributed by atoms with E-state index in [0.717, 1.165) is 38.3 Å². The molecule has 1 aromatic carbocycles. The summed E-state index contributed by atoms with van der Waals surface area (Å²) in [5, 5.41) is 8.78. The van der Waals surface area contributed by atoms with E-state index in [4.69, 9.17) is 5.11 Å². The molecule has 6 nitrogen and oxygen atoms in total. The highest BCUT2D eigenvalue weighted by molar-refractivity contribution is 6.07. The van der Waals surface area contributed by atoms with Crippen LogP contribution in [-0.4, -0.2) is 71.3 Å². The fourth-order valence-electron chi connectivity index (χ4n) is 3.28. The van der Waals surface area contributed by atoms with E-state index < -0.39 is 6.61 Å². The van der Waals surface area contributed by atoms with Gasteiger partial charge in [-0.15, -0.1) is 0 Å². The first-order valence-electron chi connectivity index (χ1n) is 10.0. The van der Waals surface area contributed by atoms with Gasteiger partial charge in [-0.3, -0.25) is 14.5 Å². The van der Waals surface area contributed by atoms with Crippen molar-refractivity contribution in [3.63, 3.8) is 0 Å². The molecule has 0 saturated carbocycles. The van der Waals surface area contributed by atoms with Crippen molar-refractivity contribution in [2.24, 2.45) is 0 Å². The summed E-state index contributed by atoms with van der Waals surface area (Å²) in [5.41, 5.74) is 2.95. The molecule has 1 aliphatic heterocycles. The number of hydrogen-bond donors (Lipinski definition) is 1. The Kier molecular flexibility index (Phi) is 7.79. The summed E-state index contributed by atoms with van der Waals surface area (Å²) in [4.78, 5) is 33.1. The second-order valence-electron chi connectivity index (χ2n) is 7.38. The average Bonchev–Trinajstić information content (AvgIpc) is 2.78. The molecule has 0 atom stereocenters. The van der Waals surface area contributed by atoms with Crippen LogP contribution in [0.5, 0.6) is 0 Å². The van der Waals surface area contributed by atoms with Crippen molar-refractivity contribution in [2.45, 2.75) is 6.54 Å². The summed E-state index contributed by atoms with van der Waals surface area (Å²) in [6.07, 6.45) is 6.05. The third-order valence-electron chi connectivity index (χ3n) is 5.07. The molecule has 1 N–H and O–H groups in total.